The van der Waals surface area contributed by atoms with E-state index in [4.69, 9.17) is 4.74 Å². The van der Waals surface area contributed by atoms with Crippen LogP contribution in [0, 0.1) is 0 Å². The smallest absolute Gasteiger partial charge is 0.278 e. The highest BCUT2D eigenvalue weighted by Crippen LogP contribution is 2.34. The first-order valence-corrected chi connectivity index (χ1v) is 10.2. The fraction of sp³-hybridized carbons (Fsp3) is 0.478. The third-order valence-electron chi connectivity index (χ3n) is 5.56. The summed E-state index contributed by atoms with van der Waals surface area (Å²) in [5.74, 6) is 0.241. The van der Waals surface area contributed by atoms with E-state index >= 15 is 0 Å². The van der Waals surface area contributed by atoms with Crippen LogP contribution >= 0.6 is 0 Å². The average Bonchev–Trinajstić information content (AvgIpc) is 2.93. The Hall–Kier alpha value is -2.60. The molecule has 0 spiro atoms. The summed E-state index contributed by atoms with van der Waals surface area (Å²) < 4.78 is 5.71. The van der Waals surface area contributed by atoms with Crippen LogP contribution in [0.15, 0.2) is 42.6 Å². The van der Waals surface area contributed by atoms with Crippen LogP contribution in [0.3, 0.4) is 0 Å². The van der Waals surface area contributed by atoms with Crippen molar-refractivity contribution in [1.29, 1.82) is 0 Å². The van der Waals surface area contributed by atoms with Crippen molar-refractivity contribution in [2.75, 3.05) is 33.7 Å². The van der Waals surface area contributed by atoms with Gasteiger partial charge < -0.3 is 14.5 Å². The van der Waals surface area contributed by atoms with Crippen molar-refractivity contribution in [3.8, 4) is 5.75 Å². The molecule has 1 fully saturated rings. The summed E-state index contributed by atoms with van der Waals surface area (Å²) in [5, 5.41) is 0. The molecule has 0 aliphatic carbocycles. The number of imide groups is 1. The number of rotatable bonds is 7. The molecule has 0 aromatic heterocycles. The fourth-order valence-corrected chi connectivity index (χ4v) is 3.98. The van der Waals surface area contributed by atoms with Crippen LogP contribution in [0.1, 0.15) is 32.3 Å². The van der Waals surface area contributed by atoms with Gasteiger partial charge in [-0.2, -0.15) is 0 Å². The van der Waals surface area contributed by atoms with Crippen molar-refractivity contribution in [3.05, 3.63) is 48.2 Å². The van der Waals surface area contributed by atoms with Crippen LogP contribution in [0.25, 0.3) is 5.57 Å². The molecule has 0 atom stereocenters. The minimum absolute atomic E-state index is 0.0731. The van der Waals surface area contributed by atoms with Crippen molar-refractivity contribution in [2.45, 2.75) is 38.8 Å². The van der Waals surface area contributed by atoms with Gasteiger partial charge in [-0.05, 0) is 64.5 Å². The second kappa shape index (κ2) is 8.82. The maximum Gasteiger partial charge on any atom is 0.278 e. The Kier molecular flexibility index (Phi) is 6.42. The molecular formula is C23H31N3O3. The number of carbonyl (C=O) groups is 2. The number of carbonyl (C=O) groups excluding carboxylic acids is 2. The number of piperidine rings is 1. The van der Waals surface area contributed by atoms with E-state index in [1.54, 1.807) is 6.08 Å². The van der Waals surface area contributed by atoms with E-state index in [1.165, 1.54) is 4.90 Å². The van der Waals surface area contributed by atoms with Crippen LogP contribution in [0.5, 0.6) is 5.75 Å². The molecule has 2 amide bonds. The molecule has 6 nitrogen and oxygen atoms in total. The van der Waals surface area contributed by atoms with Gasteiger partial charge in [-0.1, -0.05) is 18.2 Å². The van der Waals surface area contributed by atoms with Crippen molar-refractivity contribution >= 4 is 17.4 Å². The molecular weight excluding hydrogens is 366 g/mol. The molecule has 1 aromatic rings. The van der Waals surface area contributed by atoms with Gasteiger partial charge in [-0.3, -0.25) is 14.5 Å². The summed E-state index contributed by atoms with van der Waals surface area (Å²) in [6.07, 6.45) is 3.59. The monoisotopic (exact) mass is 397 g/mol. The van der Waals surface area contributed by atoms with Gasteiger partial charge in [0.1, 0.15) is 11.4 Å². The van der Waals surface area contributed by atoms with Gasteiger partial charge in [0.2, 0.25) is 0 Å². The number of likely N-dealkylation sites (N-methyl/N-ethyl adjacent to an activating group) is 1. The molecule has 156 valence electrons. The van der Waals surface area contributed by atoms with Crippen LogP contribution < -0.4 is 4.74 Å². The van der Waals surface area contributed by atoms with E-state index in [0.29, 0.717) is 11.3 Å². The lowest BCUT2D eigenvalue weighted by Crippen LogP contribution is -2.43. The zero-order valence-corrected chi connectivity index (χ0v) is 17.9. The lowest BCUT2D eigenvalue weighted by Gasteiger charge is -2.36. The molecule has 1 aromatic carbocycles. The van der Waals surface area contributed by atoms with E-state index in [9.17, 15) is 9.59 Å². The maximum absolute atomic E-state index is 13.2. The van der Waals surface area contributed by atoms with Crippen LogP contribution in [-0.4, -0.2) is 72.4 Å². The number of ether oxygens (including phenoxy) is 1. The lowest BCUT2D eigenvalue weighted by molar-refractivity contribution is -0.137. The van der Waals surface area contributed by atoms with Crippen LogP contribution in [-0.2, 0) is 9.59 Å². The number of amides is 2. The molecule has 3 rings (SSSR count). The first kappa shape index (κ1) is 21.1. The zero-order chi connectivity index (χ0) is 21.1. The minimum atomic E-state index is -0.262. The topological polar surface area (TPSA) is 53.1 Å². The van der Waals surface area contributed by atoms with Gasteiger partial charge in [0.05, 0.1) is 11.7 Å². The number of nitrogens with zero attached hydrogens (tertiary/aromatic N) is 3. The summed E-state index contributed by atoms with van der Waals surface area (Å²) in [6.45, 7) is 9.81. The predicted octanol–water partition coefficient (Wildman–Crippen LogP) is 2.77. The molecule has 6 heteroatoms. The number of likely N-dealkylation sites (tertiary alicyclic amines) is 1. The minimum Gasteiger partial charge on any atom is -0.491 e. The van der Waals surface area contributed by atoms with Gasteiger partial charge in [-0.25, -0.2) is 0 Å². The summed E-state index contributed by atoms with van der Waals surface area (Å²) in [7, 11) is 4.04. The maximum atomic E-state index is 13.2. The highest BCUT2D eigenvalue weighted by atomic mass is 16.5. The molecule has 2 aliphatic rings. The molecule has 2 aliphatic heterocycles. The third-order valence-corrected chi connectivity index (χ3v) is 5.56. The van der Waals surface area contributed by atoms with Crippen molar-refractivity contribution in [1.82, 2.24) is 14.7 Å². The van der Waals surface area contributed by atoms with E-state index in [-0.39, 0.29) is 30.5 Å². The van der Waals surface area contributed by atoms with Crippen LogP contribution in [0.2, 0.25) is 0 Å². The largest absolute Gasteiger partial charge is 0.491 e. The quantitative estimate of drug-likeness (QED) is 0.523. The first-order chi connectivity index (χ1) is 13.8. The Morgan fingerprint density at radius 3 is 2.34 bits per heavy atom. The fourth-order valence-electron chi connectivity index (χ4n) is 3.98. The molecule has 0 N–H and O–H groups in total. The SMILES string of the molecule is C=CCN1C(=O)C(c2ccc(OC(C)C)cc2)=C(N(C)C2CCN(C)CC2)C1=O. The number of hydrogen-bond acceptors (Lipinski definition) is 5. The first-order valence-electron chi connectivity index (χ1n) is 10.2. The van der Waals surface area contributed by atoms with Gasteiger partial charge in [-0.15, -0.1) is 6.58 Å². The van der Waals surface area contributed by atoms with Crippen molar-refractivity contribution < 1.29 is 14.3 Å². The highest BCUT2D eigenvalue weighted by molar-refractivity contribution is 6.35. The van der Waals surface area contributed by atoms with Crippen molar-refractivity contribution in [2.24, 2.45) is 0 Å². The average molecular weight is 398 g/mol. The Labute approximate surface area is 173 Å². The number of benzene rings is 1. The van der Waals surface area contributed by atoms with Gasteiger partial charge in [0.25, 0.3) is 11.8 Å². The van der Waals surface area contributed by atoms with Crippen molar-refractivity contribution in [3.63, 3.8) is 0 Å². The second-order valence-corrected chi connectivity index (χ2v) is 8.07. The van der Waals surface area contributed by atoms with E-state index in [0.717, 1.165) is 37.2 Å². The predicted molar refractivity (Wildman–Crippen MR) is 114 cm³/mol. The summed E-state index contributed by atoms with van der Waals surface area (Å²) in [6, 6.07) is 7.66. The van der Waals surface area contributed by atoms with E-state index in [2.05, 4.69) is 18.5 Å². The molecule has 1 saturated heterocycles. The molecule has 0 radical (unpaired) electrons. The Balaban J connectivity index is 1.98. The van der Waals surface area contributed by atoms with E-state index < -0.39 is 0 Å². The molecule has 2 heterocycles. The molecule has 0 bridgehead atoms. The Morgan fingerprint density at radius 2 is 1.79 bits per heavy atom. The van der Waals surface area contributed by atoms with E-state index in [1.807, 2.05) is 50.1 Å². The van der Waals surface area contributed by atoms with Gasteiger partial charge in [0, 0.05) is 19.6 Å². The standard InChI is InChI=1S/C23H31N3O3/c1-6-13-26-22(27)20(17-7-9-19(10-8-17)29-16(2)3)21(23(26)28)25(5)18-11-14-24(4)15-12-18/h6-10,16,18H,1,11-15H2,2-5H3. The summed E-state index contributed by atoms with van der Waals surface area (Å²) >= 11 is 0. The van der Waals surface area contributed by atoms with Gasteiger partial charge >= 0.3 is 0 Å². The normalized spacial score (nSPS) is 18.7. The molecule has 0 saturated carbocycles. The zero-order valence-electron chi connectivity index (χ0n) is 17.9. The molecule has 0 unspecified atom stereocenters. The lowest BCUT2D eigenvalue weighted by atomic mass is 10.00. The highest BCUT2D eigenvalue weighted by Gasteiger charge is 2.41. The van der Waals surface area contributed by atoms with Crippen LogP contribution in [0.4, 0.5) is 0 Å². The third kappa shape index (κ3) is 4.37. The summed E-state index contributed by atoms with van der Waals surface area (Å²) in [4.78, 5) is 31.9. The van der Waals surface area contributed by atoms with Gasteiger partial charge in [0.15, 0.2) is 0 Å². The Morgan fingerprint density at radius 1 is 1.17 bits per heavy atom. The number of hydrogen-bond donors (Lipinski definition) is 0. The summed E-state index contributed by atoms with van der Waals surface area (Å²) in [5.41, 5.74) is 1.69. The second-order valence-electron chi connectivity index (χ2n) is 8.07. The molecule has 29 heavy (non-hydrogen) atoms. The Bertz CT molecular complexity index is 805.